The summed E-state index contributed by atoms with van der Waals surface area (Å²) in [7, 11) is 0. The molecule has 2 heterocycles. The Morgan fingerprint density at radius 2 is 1.52 bits per heavy atom. The van der Waals surface area contributed by atoms with Crippen LogP contribution in [0.5, 0.6) is 0 Å². The SMILES string of the molecule is CC(C)NCC(C(C)C)N1CCC(N2CCCCC2)CC1. The maximum Gasteiger partial charge on any atom is 0.0243 e. The average Bonchev–Trinajstić information content (AvgIpc) is 2.48. The van der Waals surface area contributed by atoms with Crippen molar-refractivity contribution in [1.82, 2.24) is 15.1 Å². The molecule has 2 rings (SSSR count). The highest BCUT2D eigenvalue weighted by molar-refractivity contribution is 4.86. The fourth-order valence-corrected chi connectivity index (χ4v) is 4.01. The molecule has 0 spiro atoms. The summed E-state index contributed by atoms with van der Waals surface area (Å²) in [5.74, 6) is 0.739. The van der Waals surface area contributed by atoms with E-state index in [1.54, 1.807) is 0 Å². The van der Waals surface area contributed by atoms with Crippen molar-refractivity contribution in [3.8, 4) is 0 Å². The normalized spacial score (nSPS) is 24.9. The molecule has 2 aliphatic rings. The van der Waals surface area contributed by atoms with Crippen LogP contribution in [0.15, 0.2) is 0 Å². The Labute approximate surface area is 132 Å². The summed E-state index contributed by atoms with van der Waals surface area (Å²) in [5, 5.41) is 3.65. The van der Waals surface area contributed by atoms with Crippen LogP contribution in [0, 0.1) is 5.92 Å². The average molecular weight is 296 g/mol. The van der Waals surface area contributed by atoms with Gasteiger partial charge in [0.05, 0.1) is 0 Å². The van der Waals surface area contributed by atoms with Crippen LogP contribution < -0.4 is 5.32 Å². The molecule has 1 N–H and O–H groups in total. The van der Waals surface area contributed by atoms with E-state index < -0.39 is 0 Å². The molecule has 2 saturated heterocycles. The second kappa shape index (κ2) is 8.50. The largest absolute Gasteiger partial charge is 0.313 e. The van der Waals surface area contributed by atoms with Gasteiger partial charge in [-0.1, -0.05) is 34.1 Å². The number of nitrogens with one attached hydrogen (secondary N) is 1. The molecule has 0 saturated carbocycles. The van der Waals surface area contributed by atoms with Gasteiger partial charge in [-0.05, 0) is 57.8 Å². The van der Waals surface area contributed by atoms with Gasteiger partial charge in [-0.2, -0.15) is 0 Å². The van der Waals surface area contributed by atoms with Crippen molar-refractivity contribution in [1.29, 1.82) is 0 Å². The van der Waals surface area contributed by atoms with Crippen molar-refractivity contribution < 1.29 is 0 Å². The molecule has 0 radical (unpaired) electrons. The first-order chi connectivity index (χ1) is 10.1. The Hall–Kier alpha value is -0.120. The number of piperidine rings is 2. The van der Waals surface area contributed by atoms with E-state index in [-0.39, 0.29) is 0 Å². The molecule has 2 fully saturated rings. The minimum Gasteiger partial charge on any atom is -0.313 e. The second-order valence-corrected chi connectivity index (χ2v) is 7.74. The van der Waals surface area contributed by atoms with Crippen LogP contribution in [0.3, 0.4) is 0 Å². The predicted octanol–water partition coefficient (Wildman–Crippen LogP) is 2.96. The summed E-state index contributed by atoms with van der Waals surface area (Å²) in [4.78, 5) is 5.53. The number of hydrogen-bond acceptors (Lipinski definition) is 3. The van der Waals surface area contributed by atoms with E-state index in [0.29, 0.717) is 12.1 Å². The van der Waals surface area contributed by atoms with Crippen LogP contribution in [0.1, 0.15) is 59.8 Å². The third-order valence-corrected chi connectivity index (χ3v) is 5.38. The second-order valence-electron chi connectivity index (χ2n) is 7.74. The molecule has 0 aliphatic carbocycles. The van der Waals surface area contributed by atoms with Crippen molar-refractivity contribution in [2.24, 2.45) is 5.92 Å². The maximum absolute atomic E-state index is 3.65. The van der Waals surface area contributed by atoms with E-state index in [0.717, 1.165) is 18.5 Å². The number of rotatable bonds is 6. The first-order valence-electron chi connectivity index (χ1n) is 9.29. The lowest BCUT2D eigenvalue weighted by Gasteiger charge is -2.44. The summed E-state index contributed by atoms with van der Waals surface area (Å²) in [6, 6.07) is 2.17. The number of nitrogens with zero attached hydrogens (tertiary/aromatic N) is 2. The Bertz CT molecular complexity index is 276. The smallest absolute Gasteiger partial charge is 0.0243 e. The molecule has 3 nitrogen and oxygen atoms in total. The van der Waals surface area contributed by atoms with Crippen LogP contribution in [-0.2, 0) is 0 Å². The highest BCUT2D eigenvalue weighted by atomic mass is 15.2. The van der Waals surface area contributed by atoms with Crippen LogP contribution in [0.25, 0.3) is 0 Å². The quantitative estimate of drug-likeness (QED) is 0.813. The topological polar surface area (TPSA) is 18.5 Å². The third-order valence-electron chi connectivity index (χ3n) is 5.38. The van der Waals surface area contributed by atoms with Gasteiger partial charge in [-0.25, -0.2) is 0 Å². The molecule has 0 aromatic heterocycles. The third kappa shape index (κ3) is 5.22. The molecule has 0 amide bonds. The van der Waals surface area contributed by atoms with Gasteiger partial charge in [0.25, 0.3) is 0 Å². The summed E-state index contributed by atoms with van der Waals surface area (Å²) in [6.07, 6.45) is 7.06. The Morgan fingerprint density at radius 3 is 2.05 bits per heavy atom. The van der Waals surface area contributed by atoms with Crippen molar-refractivity contribution >= 4 is 0 Å². The van der Waals surface area contributed by atoms with Gasteiger partial charge in [0.15, 0.2) is 0 Å². The maximum atomic E-state index is 3.65. The van der Waals surface area contributed by atoms with Crippen LogP contribution >= 0.6 is 0 Å². The molecule has 3 heteroatoms. The van der Waals surface area contributed by atoms with Gasteiger partial charge < -0.3 is 10.2 Å². The van der Waals surface area contributed by atoms with Crippen molar-refractivity contribution in [3.05, 3.63) is 0 Å². The molecular formula is C18H37N3. The molecule has 0 aromatic carbocycles. The fraction of sp³-hybridized carbons (Fsp3) is 1.00. The van der Waals surface area contributed by atoms with Crippen LogP contribution in [0.4, 0.5) is 0 Å². The first kappa shape index (κ1) is 17.2. The van der Waals surface area contributed by atoms with Crippen LogP contribution in [-0.4, -0.2) is 60.6 Å². The highest BCUT2D eigenvalue weighted by Gasteiger charge is 2.29. The molecule has 21 heavy (non-hydrogen) atoms. The fourth-order valence-electron chi connectivity index (χ4n) is 4.01. The Balaban J connectivity index is 1.80. The van der Waals surface area contributed by atoms with E-state index in [1.807, 2.05) is 0 Å². The van der Waals surface area contributed by atoms with Gasteiger partial charge in [0, 0.05) is 24.7 Å². The number of likely N-dealkylation sites (tertiary alicyclic amines) is 2. The summed E-state index contributed by atoms with van der Waals surface area (Å²) >= 11 is 0. The van der Waals surface area contributed by atoms with E-state index >= 15 is 0 Å². The molecular weight excluding hydrogens is 258 g/mol. The van der Waals surface area contributed by atoms with Crippen LogP contribution in [0.2, 0.25) is 0 Å². The monoisotopic (exact) mass is 295 g/mol. The zero-order valence-electron chi connectivity index (χ0n) is 14.8. The molecule has 1 atom stereocenters. The Kier molecular flexibility index (Phi) is 6.97. The first-order valence-corrected chi connectivity index (χ1v) is 9.29. The minimum absolute atomic E-state index is 0.595. The van der Waals surface area contributed by atoms with Gasteiger partial charge in [-0.3, -0.25) is 4.90 Å². The van der Waals surface area contributed by atoms with Gasteiger partial charge in [-0.15, -0.1) is 0 Å². The molecule has 0 aromatic rings. The van der Waals surface area contributed by atoms with Crippen molar-refractivity contribution in [2.45, 2.75) is 77.9 Å². The van der Waals surface area contributed by atoms with E-state index in [2.05, 4.69) is 42.8 Å². The van der Waals surface area contributed by atoms with E-state index in [1.165, 1.54) is 58.3 Å². The standard InChI is InChI=1S/C18H37N3/c1-15(2)18(14-19-16(3)4)21-12-8-17(9-13-21)20-10-6-5-7-11-20/h15-19H,5-14H2,1-4H3. The minimum atomic E-state index is 0.595. The Morgan fingerprint density at radius 1 is 0.905 bits per heavy atom. The number of hydrogen-bond donors (Lipinski definition) is 1. The predicted molar refractivity (Wildman–Crippen MR) is 91.8 cm³/mol. The van der Waals surface area contributed by atoms with Gasteiger partial charge >= 0.3 is 0 Å². The zero-order valence-corrected chi connectivity index (χ0v) is 14.8. The van der Waals surface area contributed by atoms with Crippen molar-refractivity contribution in [3.63, 3.8) is 0 Å². The molecule has 1 unspecified atom stereocenters. The summed E-state index contributed by atoms with van der Waals surface area (Å²) < 4.78 is 0. The molecule has 124 valence electrons. The summed E-state index contributed by atoms with van der Waals surface area (Å²) in [5.41, 5.74) is 0. The lowest BCUT2D eigenvalue weighted by Crippen LogP contribution is -2.53. The van der Waals surface area contributed by atoms with Gasteiger partial charge in [0.2, 0.25) is 0 Å². The summed E-state index contributed by atoms with van der Waals surface area (Å²) in [6.45, 7) is 15.7. The van der Waals surface area contributed by atoms with E-state index in [9.17, 15) is 0 Å². The van der Waals surface area contributed by atoms with Crippen molar-refractivity contribution in [2.75, 3.05) is 32.7 Å². The highest BCUT2D eigenvalue weighted by Crippen LogP contribution is 2.23. The van der Waals surface area contributed by atoms with Gasteiger partial charge in [0.1, 0.15) is 0 Å². The van der Waals surface area contributed by atoms with E-state index in [4.69, 9.17) is 0 Å². The molecule has 2 aliphatic heterocycles. The lowest BCUT2D eigenvalue weighted by molar-refractivity contribution is 0.0587. The lowest BCUT2D eigenvalue weighted by atomic mass is 9.95. The molecule has 0 bridgehead atoms. The zero-order chi connectivity index (χ0) is 15.2.